The van der Waals surface area contributed by atoms with Gasteiger partial charge in [-0.15, -0.1) is 0 Å². The summed E-state index contributed by atoms with van der Waals surface area (Å²) in [7, 11) is 0. The van der Waals surface area contributed by atoms with Gasteiger partial charge in [0.25, 0.3) is 0 Å². The van der Waals surface area contributed by atoms with E-state index in [1.165, 1.54) is 31.4 Å². The zero-order valence-electron chi connectivity index (χ0n) is 13.3. The number of hydrogen-bond acceptors (Lipinski definition) is 2. The molecule has 1 heterocycles. The fourth-order valence-electron chi connectivity index (χ4n) is 3.18. The molecule has 2 heteroatoms. The second-order valence-electron chi connectivity index (χ2n) is 6.26. The Balaban J connectivity index is 2.02. The second kappa shape index (κ2) is 7.80. The molecule has 1 fully saturated rings. The summed E-state index contributed by atoms with van der Waals surface area (Å²) in [6.07, 6.45) is 3.83. The van der Waals surface area contributed by atoms with Gasteiger partial charge in [-0.2, -0.15) is 0 Å². The maximum absolute atomic E-state index is 3.78. The quantitative estimate of drug-likeness (QED) is 0.851. The molecule has 1 aliphatic rings. The molecule has 1 aliphatic heterocycles. The van der Waals surface area contributed by atoms with E-state index in [1.54, 1.807) is 0 Å². The van der Waals surface area contributed by atoms with Crippen LogP contribution in [0.1, 0.15) is 45.6 Å². The Morgan fingerprint density at radius 1 is 1.25 bits per heavy atom. The lowest BCUT2D eigenvalue weighted by molar-refractivity contribution is 0.0960. The van der Waals surface area contributed by atoms with Crippen LogP contribution in [0.5, 0.6) is 0 Å². The number of nitrogens with zero attached hydrogens (tertiary/aromatic N) is 1. The first kappa shape index (κ1) is 15.5. The highest BCUT2D eigenvalue weighted by molar-refractivity contribution is 5.15. The fourth-order valence-corrected chi connectivity index (χ4v) is 3.18. The van der Waals surface area contributed by atoms with Crippen molar-refractivity contribution in [2.24, 2.45) is 5.92 Å². The summed E-state index contributed by atoms with van der Waals surface area (Å²) >= 11 is 0. The van der Waals surface area contributed by atoms with Gasteiger partial charge >= 0.3 is 0 Å². The van der Waals surface area contributed by atoms with E-state index < -0.39 is 0 Å². The molecule has 0 saturated carbocycles. The molecule has 0 aliphatic carbocycles. The highest BCUT2D eigenvalue weighted by Gasteiger charge is 2.29. The summed E-state index contributed by atoms with van der Waals surface area (Å²) in [5.74, 6) is 0.760. The van der Waals surface area contributed by atoms with E-state index in [1.807, 2.05) is 0 Å². The fraction of sp³-hybridized carbons (Fsp3) is 0.667. The number of benzene rings is 1. The van der Waals surface area contributed by atoms with Crippen LogP contribution in [0.15, 0.2) is 30.3 Å². The van der Waals surface area contributed by atoms with Crippen LogP contribution in [-0.4, -0.2) is 30.1 Å². The van der Waals surface area contributed by atoms with Crippen molar-refractivity contribution in [3.8, 4) is 0 Å². The number of nitrogens with one attached hydrogen (secondary N) is 1. The minimum absolute atomic E-state index is 0.650. The van der Waals surface area contributed by atoms with Crippen LogP contribution in [-0.2, 0) is 6.54 Å². The van der Waals surface area contributed by atoms with Gasteiger partial charge in [0.15, 0.2) is 0 Å². The van der Waals surface area contributed by atoms with Crippen LogP contribution in [0.25, 0.3) is 0 Å². The molecule has 2 nitrogen and oxygen atoms in total. The summed E-state index contributed by atoms with van der Waals surface area (Å²) in [6, 6.07) is 12.3. The molecular weight excluding hydrogens is 244 g/mol. The highest BCUT2D eigenvalue weighted by atomic mass is 15.2. The number of hydrogen-bond donors (Lipinski definition) is 1. The standard InChI is InChI=1S/C18H30N2/c1-4-9-17-12-19-18(15(3)5-2)14-20(17)13-16-10-7-6-8-11-16/h6-8,10-11,15,17-19H,4-5,9,12-14H2,1-3H3. The maximum Gasteiger partial charge on any atom is 0.0237 e. The summed E-state index contributed by atoms with van der Waals surface area (Å²) < 4.78 is 0. The maximum atomic E-state index is 3.78. The van der Waals surface area contributed by atoms with Gasteiger partial charge in [0.2, 0.25) is 0 Å². The lowest BCUT2D eigenvalue weighted by Crippen LogP contribution is -2.57. The van der Waals surface area contributed by atoms with Gasteiger partial charge in [-0.1, -0.05) is 63.9 Å². The largest absolute Gasteiger partial charge is 0.311 e. The lowest BCUT2D eigenvalue weighted by Gasteiger charge is -2.42. The first-order valence-electron chi connectivity index (χ1n) is 8.26. The molecule has 1 saturated heterocycles. The van der Waals surface area contributed by atoms with Gasteiger partial charge < -0.3 is 5.32 Å². The summed E-state index contributed by atoms with van der Waals surface area (Å²) in [6.45, 7) is 10.4. The number of rotatable bonds is 6. The smallest absolute Gasteiger partial charge is 0.0237 e. The molecule has 0 radical (unpaired) electrons. The predicted octanol–water partition coefficient (Wildman–Crippen LogP) is 3.68. The van der Waals surface area contributed by atoms with Crippen molar-refractivity contribution < 1.29 is 0 Å². The third-order valence-corrected chi connectivity index (χ3v) is 4.74. The Labute approximate surface area is 124 Å². The third-order valence-electron chi connectivity index (χ3n) is 4.74. The van der Waals surface area contributed by atoms with Crippen LogP contribution in [0.2, 0.25) is 0 Å². The van der Waals surface area contributed by atoms with Crippen molar-refractivity contribution in [3.05, 3.63) is 35.9 Å². The molecule has 1 N–H and O–H groups in total. The van der Waals surface area contributed by atoms with E-state index in [0.717, 1.165) is 19.0 Å². The lowest BCUT2D eigenvalue weighted by atomic mass is 9.94. The molecule has 2 rings (SSSR count). The summed E-state index contributed by atoms with van der Waals surface area (Å²) in [5.41, 5.74) is 1.44. The van der Waals surface area contributed by atoms with Crippen LogP contribution < -0.4 is 5.32 Å². The van der Waals surface area contributed by atoms with Crippen molar-refractivity contribution in [2.45, 2.75) is 58.7 Å². The first-order chi connectivity index (χ1) is 9.74. The molecule has 0 aromatic heterocycles. The van der Waals surface area contributed by atoms with Gasteiger partial charge in [0.05, 0.1) is 0 Å². The van der Waals surface area contributed by atoms with E-state index in [4.69, 9.17) is 0 Å². The first-order valence-corrected chi connectivity index (χ1v) is 8.26. The molecule has 3 atom stereocenters. The molecule has 1 aromatic carbocycles. The topological polar surface area (TPSA) is 15.3 Å². The summed E-state index contributed by atoms with van der Waals surface area (Å²) in [5, 5.41) is 3.78. The van der Waals surface area contributed by atoms with Crippen LogP contribution >= 0.6 is 0 Å². The Morgan fingerprint density at radius 3 is 2.65 bits per heavy atom. The Hall–Kier alpha value is -0.860. The van der Waals surface area contributed by atoms with Gasteiger partial charge in [-0.3, -0.25) is 4.90 Å². The predicted molar refractivity (Wildman–Crippen MR) is 86.8 cm³/mol. The minimum atomic E-state index is 0.650. The van der Waals surface area contributed by atoms with Crippen molar-refractivity contribution in [1.29, 1.82) is 0 Å². The molecule has 0 spiro atoms. The normalized spacial score (nSPS) is 25.6. The zero-order valence-corrected chi connectivity index (χ0v) is 13.3. The van der Waals surface area contributed by atoms with Gasteiger partial charge in [0, 0.05) is 31.7 Å². The molecule has 0 amide bonds. The minimum Gasteiger partial charge on any atom is -0.311 e. The number of piperazine rings is 1. The van der Waals surface area contributed by atoms with Crippen molar-refractivity contribution in [3.63, 3.8) is 0 Å². The van der Waals surface area contributed by atoms with E-state index in [0.29, 0.717) is 12.1 Å². The Morgan fingerprint density at radius 2 is 2.00 bits per heavy atom. The molecule has 20 heavy (non-hydrogen) atoms. The van der Waals surface area contributed by atoms with E-state index in [2.05, 4.69) is 61.3 Å². The SMILES string of the molecule is CCCC1CNC(C(C)CC)CN1Cc1ccccc1. The van der Waals surface area contributed by atoms with Crippen LogP contribution in [0.3, 0.4) is 0 Å². The Kier molecular flexibility index (Phi) is 6.06. The average molecular weight is 274 g/mol. The van der Waals surface area contributed by atoms with Gasteiger partial charge in [-0.25, -0.2) is 0 Å². The monoisotopic (exact) mass is 274 g/mol. The molecule has 0 bridgehead atoms. The van der Waals surface area contributed by atoms with E-state index >= 15 is 0 Å². The zero-order chi connectivity index (χ0) is 14.4. The van der Waals surface area contributed by atoms with Crippen LogP contribution in [0.4, 0.5) is 0 Å². The molecular formula is C18H30N2. The van der Waals surface area contributed by atoms with Crippen molar-refractivity contribution in [2.75, 3.05) is 13.1 Å². The average Bonchev–Trinajstić information content (AvgIpc) is 2.49. The molecule has 3 unspecified atom stereocenters. The van der Waals surface area contributed by atoms with Gasteiger partial charge in [0.1, 0.15) is 0 Å². The Bertz CT molecular complexity index is 376. The van der Waals surface area contributed by atoms with E-state index in [-0.39, 0.29) is 0 Å². The third kappa shape index (κ3) is 4.07. The second-order valence-corrected chi connectivity index (χ2v) is 6.26. The molecule has 1 aromatic rings. The highest BCUT2D eigenvalue weighted by Crippen LogP contribution is 2.20. The van der Waals surface area contributed by atoms with Crippen LogP contribution in [0, 0.1) is 5.92 Å². The van der Waals surface area contributed by atoms with Gasteiger partial charge in [-0.05, 0) is 17.9 Å². The van der Waals surface area contributed by atoms with Crippen molar-refractivity contribution in [1.82, 2.24) is 10.2 Å². The van der Waals surface area contributed by atoms with E-state index in [9.17, 15) is 0 Å². The molecule has 112 valence electrons. The summed E-state index contributed by atoms with van der Waals surface area (Å²) in [4.78, 5) is 2.70. The van der Waals surface area contributed by atoms with Crippen molar-refractivity contribution >= 4 is 0 Å².